The summed E-state index contributed by atoms with van der Waals surface area (Å²) in [6.07, 6.45) is 1.61. The highest BCUT2D eigenvalue weighted by molar-refractivity contribution is 5.94. The molecule has 0 fully saturated rings. The predicted octanol–water partition coefficient (Wildman–Crippen LogP) is 5.40. The average Bonchev–Trinajstić information content (AvgIpc) is 2.75. The summed E-state index contributed by atoms with van der Waals surface area (Å²) in [4.78, 5) is 16.8. The molecule has 1 amide bonds. The maximum absolute atomic E-state index is 14.4. The molecule has 0 unspecified atom stereocenters. The summed E-state index contributed by atoms with van der Waals surface area (Å²) in [5, 5.41) is 3.64. The minimum absolute atomic E-state index is 0.00936. The molecule has 0 atom stereocenters. The number of fused-ring (bicyclic) bond motifs is 1. The lowest BCUT2D eigenvalue weighted by molar-refractivity contribution is 0.0950. The smallest absolute Gasteiger partial charge is 0.251 e. The van der Waals surface area contributed by atoms with Crippen LogP contribution in [0.25, 0.3) is 10.9 Å². The number of pyridine rings is 1. The lowest BCUT2D eigenvalue weighted by Crippen LogP contribution is -2.23. The van der Waals surface area contributed by atoms with Gasteiger partial charge < -0.3 is 10.1 Å². The molecule has 1 aromatic heterocycles. The van der Waals surface area contributed by atoms with Crippen molar-refractivity contribution < 1.29 is 13.9 Å². The van der Waals surface area contributed by atoms with Crippen LogP contribution in [-0.4, -0.2) is 10.9 Å². The highest BCUT2D eigenvalue weighted by atomic mass is 19.1. The third kappa shape index (κ3) is 4.09. The molecular weight excluding hydrogens is 367 g/mol. The number of carbonyl (C=O) groups excluding carboxylic acids is 1. The highest BCUT2D eigenvalue weighted by Crippen LogP contribution is 2.30. The number of nitrogens with one attached hydrogen (secondary N) is 1. The molecule has 1 heterocycles. The van der Waals surface area contributed by atoms with Crippen LogP contribution < -0.4 is 10.1 Å². The van der Waals surface area contributed by atoms with Gasteiger partial charge >= 0.3 is 0 Å². The standard InChI is InChI=1S/C24H19FN2O2/c1-16-6-2-3-7-18(16)15-27-24(28)17-10-11-20(25)23(14-17)29-22-12-13-26-21-9-5-4-8-19(21)22/h2-14H,15H2,1H3,(H,27,28). The van der Waals surface area contributed by atoms with Crippen LogP contribution in [0.4, 0.5) is 4.39 Å². The largest absolute Gasteiger partial charge is 0.453 e. The first-order valence-corrected chi connectivity index (χ1v) is 9.26. The van der Waals surface area contributed by atoms with E-state index in [2.05, 4.69) is 10.3 Å². The second-order valence-corrected chi connectivity index (χ2v) is 6.68. The summed E-state index contributed by atoms with van der Waals surface area (Å²) in [6.45, 7) is 2.39. The van der Waals surface area contributed by atoms with Crippen LogP contribution in [0.3, 0.4) is 0 Å². The Morgan fingerprint density at radius 2 is 1.79 bits per heavy atom. The molecule has 4 nitrogen and oxygen atoms in total. The number of carbonyl (C=O) groups is 1. The second-order valence-electron chi connectivity index (χ2n) is 6.68. The van der Waals surface area contributed by atoms with Gasteiger partial charge in [0.2, 0.25) is 0 Å². The van der Waals surface area contributed by atoms with Crippen LogP contribution in [-0.2, 0) is 6.54 Å². The van der Waals surface area contributed by atoms with E-state index in [-0.39, 0.29) is 11.7 Å². The van der Waals surface area contributed by atoms with Gasteiger partial charge in [-0.2, -0.15) is 0 Å². The van der Waals surface area contributed by atoms with Gasteiger partial charge in [-0.25, -0.2) is 4.39 Å². The van der Waals surface area contributed by atoms with E-state index < -0.39 is 5.82 Å². The van der Waals surface area contributed by atoms with E-state index in [4.69, 9.17) is 4.74 Å². The fourth-order valence-corrected chi connectivity index (χ4v) is 3.09. The van der Waals surface area contributed by atoms with Gasteiger partial charge in [-0.3, -0.25) is 9.78 Å². The molecule has 5 heteroatoms. The molecule has 0 radical (unpaired) electrons. The van der Waals surface area contributed by atoms with Gasteiger partial charge in [-0.1, -0.05) is 36.4 Å². The molecule has 4 rings (SSSR count). The van der Waals surface area contributed by atoms with Gasteiger partial charge in [0.1, 0.15) is 5.75 Å². The molecule has 4 aromatic rings. The van der Waals surface area contributed by atoms with Crippen molar-refractivity contribution in [3.8, 4) is 11.5 Å². The number of hydrogen-bond donors (Lipinski definition) is 1. The lowest BCUT2D eigenvalue weighted by atomic mass is 10.1. The Labute approximate surface area is 168 Å². The quantitative estimate of drug-likeness (QED) is 0.499. The average molecular weight is 386 g/mol. The van der Waals surface area contributed by atoms with E-state index in [1.807, 2.05) is 55.5 Å². The Hall–Kier alpha value is -3.73. The van der Waals surface area contributed by atoms with Crippen LogP contribution in [0.5, 0.6) is 11.5 Å². The van der Waals surface area contributed by atoms with Crippen LogP contribution in [0.2, 0.25) is 0 Å². The second kappa shape index (κ2) is 8.10. The minimum atomic E-state index is -0.540. The number of aryl methyl sites for hydroxylation is 1. The summed E-state index contributed by atoms with van der Waals surface area (Å²) in [6, 6.07) is 21.0. The number of rotatable bonds is 5. The fraction of sp³-hybridized carbons (Fsp3) is 0.0833. The first-order valence-electron chi connectivity index (χ1n) is 9.26. The molecule has 144 valence electrons. The summed E-state index contributed by atoms with van der Waals surface area (Å²) in [5.41, 5.74) is 3.20. The maximum atomic E-state index is 14.4. The molecule has 0 saturated heterocycles. The number of benzene rings is 3. The normalized spacial score (nSPS) is 10.7. The summed E-state index contributed by atoms with van der Waals surface area (Å²) in [5.74, 6) is -0.365. The topological polar surface area (TPSA) is 51.2 Å². The highest BCUT2D eigenvalue weighted by Gasteiger charge is 2.13. The van der Waals surface area contributed by atoms with E-state index in [0.717, 1.165) is 22.0 Å². The van der Waals surface area contributed by atoms with Crippen LogP contribution in [0.15, 0.2) is 79.0 Å². The zero-order valence-electron chi connectivity index (χ0n) is 15.9. The summed E-state index contributed by atoms with van der Waals surface area (Å²) < 4.78 is 20.2. The van der Waals surface area contributed by atoms with Crippen LogP contribution in [0, 0.1) is 12.7 Å². The molecule has 0 aliphatic heterocycles. The van der Waals surface area contributed by atoms with Crippen LogP contribution >= 0.6 is 0 Å². The number of nitrogens with zero attached hydrogens (tertiary/aromatic N) is 1. The zero-order valence-corrected chi connectivity index (χ0v) is 15.9. The predicted molar refractivity (Wildman–Crippen MR) is 111 cm³/mol. The van der Waals surface area contributed by atoms with Gasteiger partial charge in [0, 0.05) is 23.7 Å². The number of halogens is 1. The van der Waals surface area contributed by atoms with Crippen molar-refractivity contribution in [1.29, 1.82) is 0 Å². The molecule has 1 N–H and O–H groups in total. The van der Waals surface area contributed by atoms with Crippen molar-refractivity contribution in [2.75, 3.05) is 0 Å². The van der Waals surface area contributed by atoms with Gasteiger partial charge in [0.15, 0.2) is 11.6 Å². The Kier molecular flexibility index (Phi) is 5.20. The number of hydrogen-bond acceptors (Lipinski definition) is 3. The minimum Gasteiger partial charge on any atom is -0.453 e. The van der Waals surface area contributed by atoms with Crippen molar-refractivity contribution >= 4 is 16.8 Å². The van der Waals surface area contributed by atoms with Gasteiger partial charge in [-0.05, 0) is 54.4 Å². The summed E-state index contributed by atoms with van der Waals surface area (Å²) in [7, 11) is 0. The number of ether oxygens (including phenoxy) is 1. The molecule has 3 aromatic carbocycles. The molecule has 0 saturated carbocycles. The van der Waals surface area contributed by atoms with Crippen molar-refractivity contribution in [3.63, 3.8) is 0 Å². The van der Waals surface area contributed by atoms with Gasteiger partial charge in [0.25, 0.3) is 5.91 Å². The Balaban J connectivity index is 1.56. The number of amides is 1. The first kappa shape index (κ1) is 18.6. The Morgan fingerprint density at radius 3 is 2.66 bits per heavy atom. The van der Waals surface area contributed by atoms with E-state index in [9.17, 15) is 9.18 Å². The number of aromatic nitrogens is 1. The van der Waals surface area contributed by atoms with Gasteiger partial charge in [-0.15, -0.1) is 0 Å². The summed E-state index contributed by atoms with van der Waals surface area (Å²) >= 11 is 0. The fourth-order valence-electron chi connectivity index (χ4n) is 3.09. The third-order valence-electron chi connectivity index (χ3n) is 4.72. The zero-order chi connectivity index (χ0) is 20.2. The van der Waals surface area contributed by atoms with Crippen molar-refractivity contribution in [2.45, 2.75) is 13.5 Å². The third-order valence-corrected chi connectivity index (χ3v) is 4.72. The number of para-hydroxylation sites is 1. The van der Waals surface area contributed by atoms with Crippen molar-refractivity contribution in [2.24, 2.45) is 0 Å². The molecule has 0 bridgehead atoms. The van der Waals surface area contributed by atoms with E-state index in [1.54, 1.807) is 12.3 Å². The van der Waals surface area contributed by atoms with Crippen LogP contribution in [0.1, 0.15) is 21.5 Å². The molecule has 0 aliphatic rings. The molecule has 0 aliphatic carbocycles. The SMILES string of the molecule is Cc1ccccc1CNC(=O)c1ccc(F)c(Oc2ccnc3ccccc23)c1. The first-order chi connectivity index (χ1) is 14.1. The molecular formula is C24H19FN2O2. The van der Waals surface area contributed by atoms with E-state index in [0.29, 0.717) is 17.9 Å². The monoisotopic (exact) mass is 386 g/mol. The maximum Gasteiger partial charge on any atom is 0.251 e. The molecule has 29 heavy (non-hydrogen) atoms. The van der Waals surface area contributed by atoms with E-state index >= 15 is 0 Å². The van der Waals surface area contributed by atoms with Gasteiger partial charge in [0.05, 0.1) is 5.52 Å². The van der Waals surface area contributed by atoms with E-state index in [1.165, 1.54) is 18.2 Å². The molecule has 0 spiro atoms. The Morgan fingerprint density at radius 1 is 1.00 bits per heavy atom. The Bertz CT molecular complexity index is 1190. The lowest BCUT2D eigenvalue weighted by Gasteiger charge is -2.12. The van der Waals surface area contributed by atoms with Crippen molar-refractivity contribution in [1.82, 2.24) is 10.3 Å². The van der Waals surface area contributed by atoms with Crippen molar-refractivity contribution in [3.05, 3.63) is 102 Å².